The molecule has 2 aromatic heterocycles. The van der Waals surface area contributed by atoms with E-state index in [9.17, 15) is 14.7 Å². The van der Waals surface area contributed by atoms with Gasteiger partial charge < -0.3 is 23.5 Å². The molecule has 1 N–H and O–H groups in total. The van der Waals surface area contributed by atoms with E-state index in [0.29, 0.717) is 21.6 Å². The molecule has 0 saturated carbocycles. The molecule has 198 valence electrons. The van der Waals surface area contributed by atoms with Crippen LogP contribution in [0.4, 0.5) is 0 Å². The van der Waals surface area contributed by atoms with Crippen molar-refractivity contribution in [2.75, 3.05) is 7.11 Å². The van der Waals surface area contributed by atoms with E-state index in [0.717, 1.165) is 16.7 Å². The van der Waals surface area contributed by atoms with E-state index in [1.807, 2.05) is 36.4 Å². The third kappa shape index (κ3) is 6.14. The number of halogens is 1. The summed E-state index contributed by atoms with van der Waals surface area (Å²) < 4.78 is 16.0. The first kappa shape index (κ1) is 26.1. The first-order valence-corrected chi connectivity index (χ1v) is 12.4. The molecule has 0 radical (unpaired) electrons. The number of hydrogen-bond acceptors (Lipinski definition) is 8. The van der Waals surface area contributed by atoms with E-state index in [1.54, 1.807) is 30.3 Å². The fourth-order valence-corrected chi connectivity index (χ4v) is 4.31. The fourth-order valence-electron chi connectivity index (χ4n) is 4.18. The molecule has 39 heavy (non-hydrogen) atoms. The first-order valence-electron chi connectivity index (χ1n) is 12.0. The number of phenolic OH excluding ortho intramolecular Hbond substituents is 1. The van der Waals surface area contributed by atoms with Gasteiger partial charge in [-0.3, -0.25) is 4.79 Å². The SMILES string of the molecule is COC(=O)[C@H](Cc1ccc(O)cc1)N(Cc1ccoc1)OC(=O)c1cc2cc(-c3ccc(Cl)cc3)ccc2o1. The van der Waals surface area contributed by atoms with Crippen LogP contribution in [0, 0.1) is 0 Å². The molecular formula is C30H24ClNO7. The first-order chi connectivity index (χ1) is 18.9. The summed E-state index contributed by atoms with van der Waals surface area (Å²) in [5.74, 6) is -1.30. The van der Waals surface area contributed by atoms with E-state index < -0.39 is 18.0 Å². The number of hydroxylamine groups is 2. The normalized spacial score (nSPS) is 12.0. The minimum absolute atomic E-state index is 0.0244. The summed E-state index contributed by atoms with van der Waals surface area (Å²) in [6.07, 6.45) is 3.14. The Balaban J connectivity index is 1.42. The maximum atomic E-state index is 13.3. The van der Waals surface area contributed by atoms with E-state index in [1.165, 1.54) is 36.8 Å². The van der Waals surface area contributed by atoms with Gasteiger partial charge >= 0.3 is 11.9 Å². The van der Waals surface area contributed by atoms with Gasteiger partial charge in [0, 0.05) is 22.4 Å². The van der Waals surface area contributed by atoms with Crippen LogP contribution < -0.4 is 0 Å². The number of methoxy groups -OCH3 is 1. The Labute approximate surface area is 228 Å². The van der Waals surface area contributed by atoms with Gasteiger partial charge in [-0.05, 0) is 65.2 Å². The second-order valence-electron chi connectivity index (χ2n) is 8.87. The third-order valence-electron chi connectivity index (χ3n) is 6.20. The Kier molecular flexibility index (Phi) is 7.67. The number of ether oxygens (including phenoxy) is 1. The van der Waals surface area contributed by atoms with Crippen molar-refractivity contribution in [2.45, 2.75) is 19.0 Å². The van der Waals surface area contributed by atoms with Gasteiger partial charge in [0.2, 0.25) is 5.76 Å². The second-order valence-corrected chi connectivity index (χ2v) is 9.30. The Hall–Kier alpha value is -4.53. The van der Waals surface area contributed by atoms with Crippen molar-refractivity contribution in [1.29, 1.82) is 0 Å². The maximum Gasteiger partial charge on any atom is 0.393 e. The van der Waals surface area contributed by atoms with Gasteiger partial charge in [-0.25, -0.2) is 4.79 Å². The standard InChI is InChI=1S/C30H24ClNO7/c1-36-29(34)26(14-19-2-9-25(33)10-3-19)32(17-20-12-13-37-18-20)39-30(35)28-16-23-15-22(6-11-27(23)38-28)21-4-7-24(31)8-5-21/h2-13,15-16,18,26,33H,14,17H2,1H3/t26-/m0/s1. The van der Waals surface area contributed by atoms with Crippen LogP contribution in [0.1, 0.15) is 21.7 Å². The van der Waals surface area contributed by atoms with Crippen molar-refractivity contribution >= 4 is 34.5 Å². The predicted octanol–water partition coefficient (Wildman–Crippen LogP) is 6.41. The van der Waals surface area contributed by atoms with E-state index in [-0.39, 0.29) is 24.5 Å². The Morgan fingerprint density at radius 2 is 1.69 bits per heavy atom. The number of furan rings is 2. The Morgan fingerprint density at radius 3 is 2.38 bits per heavy atom. The molecule has 0 aliphatic carbocycles. The van der Waals surface area contributed by atoms with Crippen LogP contribution in [0.15, 0.2) is 100 Å². The summed E-state index contributed by atoms with van der Waals surface area (Å²) in [4.78, 5) is 31.9. The van der Waals surface area contributed by atoms with Crippen molar-refractivity contribution in [3.8, 4) is 16.9 Å². The molecule has 0 aliphatic rings. The number of rotatable bonds is 9. The highest BCUT2D eigenvalue weighted by atomic mass is 35.5. The molecule has 0 saturated heterocycles. The highest BCUT2D eigenvalue weighted by Gasteiger charge is 2.32. The summed E-state index contributed by atoms with van der Waals surface area (Å²) in [5.41, 5.74) is 3.82. The minimum Gasteiger partial charge on any atom is -0.508 e. The highest BCUT2D eigenvalue weighted by molar-refractivity contribution is 6.30. The molecule has 2 heterocycles. The van der Waals surface area contributed by atoms with E-state index >= 15 is 0 Å². The van der Waals surface area contributed by atoms with Crippen molar-refractivity contribution in [3.63, 3.8) is 0 Å². The molecule has 0 unspecified atom stereocenters. The van der Waals surface area contributed by atoms with Crippen LogP contribution in [-0.2, 0) is 27.3 Å². The molecule has 0 fully saturated rings. The summed E-state index contributed by atoms with van der Waals surface area (Å²) in [5, 5.41) is 12.2. The molecule has 0 spiro atoms. The Bertz CT molecular complexity index is 1570. The molecular weight excluding hydrogens is 522 g/mol. The molecule has 0 bridgehead atoms. The van der Waals surface area contributed by atoms with Crippen molar-refractivity contribution < 1.29 is 33.1 Å². The molecule has 1 atom stereocenters. The lowest BCUT2D eigenvalue weighted by Crippen LogP contribution is -2.44. The topological polar surface area (TPSA) is 102 Å². The average Bonchev–Trinajstić information content (AvgIpc) is 3.62. The zero-order chi connectivity index (χ0) is 27.4. The molecule has 5 rings (SSSR count). The van der Waals surface area contributed by atoms with Crippen LogP contribution in [0.25, 0.3) is 22.1 Å². The van der Waals surface area contributed by atoms with Crippen molar-refractivity contribution in [1.82, 2.24) is 5.06 Å². The Morgan fingerprint density at radius 1 is 0.949 bits per heavy atom. The van der Waals surface area contributed by atoms with Gasteiger partial charge in [0.15, 0.2) is 0 Å². The number of aromatic hydroxyl groups is 1. The monoisotopic (exact) mass is 545 g/mol. The predicted molar refractivity (Wildman–Crippen MR) is 144 cm³/mol. The van der Waals surface area contributed by atoms with Gasteiger partial charge in [-0.1, -0.05) is 41.9 Å². The molecule has 0 amide bonds. The summed E-state index contributed by atoms with van der Waals surface area (Å²) in [6, 6.07) is 21.7. The summed E-state index contributed by atoms with van der Waals surface area (Å²) in [6.45, 7) is 0.0566. The number of esters is 1. The number of carbonyl (C=O) groups is 2. The lowest BCUT2D eigenvalue weighted by Gasteiger charge is -2.27. The number of fused-ring (bicyclic) bond motifs is 1. The van der Waals surface area contributed by atoms with Crippen LogP contribution in [0.2, 0.25) is 5.02 Å². The van der Waals surface area contributed by atoms with E-state index in [4.69, 9.17) is 30.0 Å². The number of phenols is 1. The minimum atomic E-state index is -0.987. The van der Waals surface area contributed by atoms with Gasteiger partial charge in [-0.15, -0.1) is 5.06 Å². The summed E-state index contributed by atoms with van der Waals surface area (Å²) >= 11 is 6.01. The largest absolute Gasteiger partial charge is 0.508 e. The highest BCUT2D eigenvalue weighted by Crippen LogP contribution is 2.28. The van der Waals surface area contributed by atoms with Crippen molar-refractivity contribution in [2.24, 2.45) is 0 Å². The molecule has 5 aromatic rings. The lowest BCUT2D eigenvalue weighted by molar-refractivity contribution is -0.178. The third-order valence-corrected chi connectivity index (χ3v) is 6.45. The quantitative estimate of drug-likeness (QED) is 0.167. The van der Waals surface area contributed by atoms with Gasteiger partial charge in [0.1, 0.15) is 17.4 Å². The van der Waals surface area contributed by atoms with E-state index in [2.05, 4.69) is 0 Å². The average molecular weight is 546 g/mol. The molecule has 3 aromatic carbocycles. The zero-order valence-electron chi connectivity index (χ0n) is 20.9. The number of carbonyl (C=O) groups excluding carboxylic acids is 2. The summed E-state index contributed by atoms with van der Waals surface area (Å²) in [7, 11) is 1.27. The maximum absolute atomic E-state index is 13.3. The molecule has 0 aliphatic heterocycles. The van der Waals surface area contributed by atoms with Gasteiger partial charge in [0.05, 0.1) is 26.2 Å². The van der Waals surface area contributed by atoms with Crippen molar-refractivity contribution in [3.05, 3.63) is 113 Å². The van der Waals surface area contributed by atoms with Gasteiger partial charge in [0.25, 0.3) is 0 Å². The number of nitrogens with zero attached hydrogens (tertiary/aromatic N) is 1. The molecule has 9 heteroatoms. The number of benzene rings is 3. The molecule has 8 nitrogen and oxygen atoms in total. The lowest BCUT2D eigenvalue weighted by atomic mass is 10.0. The van der Waals surface area contributed by atoms with Crippen LogP contribution in [0.5, 0.6) is 5.75 Å². The second kappa shape index (κ2) is 11.5. The fraction of sp³-hybridized carbons (Fsp3) is 0.133. The van der Waals surface area contributed by atoms with Crippen LogP contribution >= 0.6 is 11.6 Å². The zero-order valence-corrected chi connectivity index (χ0v) is 21.6. The van der Waals surface area contributed by atoms with Crippen LogP contribution in [-0.4, -0.2) is 35.3 Å². The van der Waals surface area contributed by atoms with Gasteiger partial charge in [-0.2, -0.15) is 0 Å². The number of hydrogen-bond donors (Lipinski definition) is 1. The van der Waals surface area contributed by atoms with Crippen LogP contribution in [0.3, 0.4) is 0 Å². The smallest absolute Gasteiger partial charge is 0.393 e.